The molecule has 214 valence electrons. The number of aryl methyl sites for hydroxylation is 1. The van der Waals surface area contributed by atoms with E-state index < -0.39 is 11.2 Å². The van der Waals surface area contributed by atoms with Crippen molar-refractivity contribution in [2.75, 3.05) is 26.1 Å². The fourth-order valence-corrected chi connectivity index (χ4v) is 6.45. The number of thiophene rings is 1. The molecule has 0 saturated carbocycles. The minimum Gasteiger partial charge on any atom is -0.493 e. The van der Waals surface area contributed by atoms with Crippen molar-refractivity contribution < 1.29 is 28.6 Å². The number of rotatable bonds is 11. The third kappa shape index (κ3) is 6.41. The first kappa shape index (κ1) is 29.4. The molecule has 2 N–H and O–H groups in total. The molecule has 1 aliphatic rings. The fraction of sp³-hybridized carbons (Fsp3) is 0.444. The van der Waals surface area contributed by atoms with Gasteiger partial charge in [0, 0.05) is 17.5 Å². The zero-order valence-corrected chi connectivity index (χ0v) is 24.8. The summed E-state index contributed by atoms with van der Waals surface area (Å²) in [6.45, 7) is 3.95. The molecule has 0 unspecified atom stereocenters. The average Bonchev–Trinajstić information content (AvgIpc) is 3.50. The molecular weight excluding hydrogens is 554 g/mol. The van der Waals surface area contributed by atoms with Crippen molar-refractivity contribution in [2.45, 2.75) is 56.5 Å². The number of methoxy groups -OCH3 is 2. The second-order valence-corrected chi connectivity index (χ2v) is 11.5. The second kappa shape index (κ2) is 13.2. The molecule has 40 heavy (non-hydrogen) atoms. The Balaban J connectivity index is 1.39. The summed E-state index contributed by atoms with van der Waals surface area (Å²) in [6.07, 6.45) is 3.79. The van der Waals surface area contributed by atoms with Crippen molar-refractivity contribution in [3.63, 3.8) is 0 Å². The van der Waals surface area contributed by atoms with Crippen molar-refractivity contribution in [2.24, 2.45) is 7.05 Å². The Bertz CT molecular complexity index is 1400. The van der Waals surface area contributed by atoms with Gasteiger partial charge >= 0.3 is 5.97 Å². The number of anilines is 1. The molecule has 0 bridgehead atoms. The number of amides is 2. The normalized spacial score (nSPS) is 13.2. The highest BCUT2D eigenvalue weighted by Crippen LogP contribution is 2.39. The van der Waals surface area contributed by atoms with E-state index in [1.165, 1.54) is 37.3 Å². The zero-order chi connectivity index (χ0) is 28.8. The first-order valence-electron chi connectivity index (χ1n) is 12.9. The first-order valence-corrected chi connectivity index (χ1v) is 14.6. The predicted molar refractivity (Wildman–Crippen MR) is 153 cm³/mol. The Labute approximate surface area is 241 Å². The lowest BCUT2D eigenvalue weighted by molar-refractivity contribution is -0.115. The van der Waals surface area contributed by atoms with Crippen LogP contribution in [0.2, 0.25) is 0 Å². The Morgan fingerprint density at radius 2 is 1.88 bits per heavy atom. The van der Waals surface area contributed by atoms with E-state index in [0.29, 0.717) is 38.6 Å². The van der Waals surface area contributed by atoms with Crippen molar-refractivity contribution in [3.05, 3.63) is 45.6 Å². The number of ether oxygens (including phenoxy) is 3. The van der Waals surface area contributed by atoms with Crippen LogP contribution >= 0.6 is 23.1 Å². The van der Waals surface area contributed by atoms with Gasteiger partial charge in [-0.3, -0.25) is 9.59 Å². The van der Waals surface area contributed by atoms with Crippen LogP contribution in [-0.4, -0.2) is 58.6 Å². The van der Waals surface area contributed by atoms with Crippen LogP contribution in [-0.2, 0) is 36.0 Å². The van der Waals surface area contributed by atoms with Gasteiger partial charge in [0.2, 0.25) is 5.91 Å². The fourth-order valence-electron chi connectivity index (χ4n) is 4.34. The molecule has 0 saturated heterocycles. The third-order valence-electron chi connectivity index (χ3n) is 6.52. The second-order valence-electron chi connectivity index (χ2n) is 9.10. The van der Waals surface area contributed by atoms with Crippen LogP contribution in [0.15, 0.2) is 23.4 Å². The van der Waals surface area contributed by atoms with Crippen LogP contribution in [0.3, 0.4) is 0 Å². The first-order chi connectivity index (χ1) is 19.3. The van der Waals surface area contributed by atoms with Gasteiger partial charge < -0.3 is 29.4 Å². The molecule has 0 fully saturated rings. The Hall–Kier alpha value is -3.58. The molecule has 2 heterocycles. The molecule has 0 spiro atoms. The molecule has 0 aliphatic heterocycles. The number of thioether (sulfide) groups is 1. The average molecular weight is 588 g/mol. The van der Waals surface area contributed by atoms with E-state index >= 15 is 0 Å². The smallest absolute Gasteiger partial charge is 0.341 e. The minimum absolute atomic E-state index is 0.140. The van der Waals surface area contributed by atoms with Crippen molar-refractivity contribution >= 4 is 45.9 Å². The van der Waals surface area contributed by atoms with Crippen LogP contribution in [0, 0.1) is 0 Å². The summed E-state index contributed by atoms with van der Waals surface area (Å²) < 4.78 is 17.5. The van der Waals surface area contributed by atoms with Crippen LogP contribution in [0.5, 0.6) is 11.5 Å². The molecule has 1 atom stereocenters. The molecule has 2 amide bonds. The number of nitrogens with zero attached hydrogens (tertiary/aromatic N) is 3. The Morgan fingerprint density at radius 3 is 2.60 bits per heavy atom. The summed E-state index contributed by atoms with van der Waals surface area (Å²) >= 11 is 2.70. The number of nitrogens with one attached hydrogen (secondary N) is 2. The zero-order valence-electron chi connectivity index (χ0n) is 23.2. The van der Waals surface area contributed by atoms with Gasteiger partial charge in [0.25, 0.3) is 5.91 Å². The van der Waals surface area contributed by atoms with Crippen molar-refractivity contribution in [1.29, 1.82) is 0 Å². The summed E-state index contributed by atoms with van der Waals surface area (Å²) in [7, 11) is 4.81. The Morgan fingerprint density at radius 1 is 1.12 bits per heavy atom. The van der Waals surface area contributed by atoms with Crippen LogP contribution in [0.1, 0.15) is 63.7 Å². The van der Waals surface area contributed by atoms with Gasteiger partial charge in [-0.15, -0.1) is 21.5 Å². The van der Waals surface area contributed by atoms with Gasteiger partial charge in [-0.05, 0) is 63.3 Å². The van der Waals surface area contributed by atoms with E-state index in [1.54, 1.807) is 43.7 Å². The topological polar surface area (TPSA) is 134 Å². The number of hydrogen-bond donors (Lipinski definition) is 2. The highest BCUT2D eigenvalue weighted by atomic mass is 32.2. The number of benzene rings is 1. The molecular formula is C27H33N5O6S2. The van der Waals surface area contributed by atoms with Crippen LogP contribution in [0.4, 0.5) is 5.00 Å². The summed E-state index contributed by atoms with van der Waals surface area (Å²) in [4.78, 5) is 39.7. The number of aromatic nitrogens is 3. The van der Waals surface area contributed by atoms with Gasteiger partial charge in [0.05, 0.1) is 38.2 Å². The number of esters is 1. The molecule has 13 heteroatoms. The third-order valence-corrected chi connectivity index (χ3v) is 8.86. The highest BCUT2D eigenvalue weighted by Gasteiger charge is 2.29. The molecule has 4 rings (SSSR count). The summed E-state index contributed by atoms with van der Waals surface area (Å²) in [5, 5.41) is 14.7. The predicted octanol–water partition coefficient (Wildman–Crippen LogP) is 4.00. The maximum Gasteiger partial charge on any atom is 0.341 e. The molecule has 0 radical (unpaired) electrons. The molecule has 11 nitrogen and oxygen atoms in total. The van der Waals surface area contributed by atoms with Gasteiger partial charge in [-0.1, -0.05) is 11.8 Å². The maximum absolute atomic E-state index is 13.1. The van der Waals surface area contributed by atoms with E-state index in [9.17, 15) is 14.4 Å². The lowest BCUT2D eigenvalue weighted by Gasteiger charge is -2.13. The summed E-state index contributed by atoms with van der Waals surface area (Å²) in [6, 6.07) is 4.91. The standard InChI is InChI=1S/C27H33N5O6S2/c1-6-38-26(35)22-17-9-7-8-10-20(17)40-25(22)29-23(33)15(2)39-27-31-30-21(32(27)3)14-28-24(34)16-11-12-18(36-4)19(13-16)37-5/h11-13,15H,6-10,14H2,1-5H3,(H,28,34)(H,29,33)/t15-/m0/s1. The van der Waals surface area contributed by atoms with E-state index in [0.717, 1.165) is 36.1 Å². The van der Waals surface area contributed by atoms with Gasteiger partial charge in [-0.2, -0.15) is 0 Å². The molecule has 3 aromatic rings. The number of hydrogen-bond acceptors (Lipinski definition) is 10. The Kier molecular flexibility index (Phi) is 9.69. The van der Waals surface area contributed by atoms with E-state index in [2.05, 4.69) is 20.8 Å². The highest BCUT2D eigenvalue weighted by molar-refractivity contribution is 8.00. The monoisotopic (exact) mass is 587 g/mol. The van der Waals surface area contributed by atoms with Crippen LogP contribution in [0.25, 0.3) is 0 Å². The van der Waals surface area contributed by atoms with Gasteiger partial charge in [0.1, 0.15) is 5.00 Å². The lowest BCUT2D eigenvalue weighted by Crippen LogP contribution is -2.25. The van der Waals surface area contributed by atoms with Gasteiger partial charge in [-0.25, -0.2) is 4.79 Å². The molecule has 1 aliphatic carbocycles. The van der Waals surface area contributed by atoms with E-state index in [4.69, 9.17) is 14.2 Å². The minimum atomic E-state index is -0.522. The molecule has 1 aromatic carbocycles. The number of carbonyl (C=O) groups is 3. The summed E-state index contributed by atoms with van der Waals surface area (Å²) in [5.41, 5.74) is 1.90. The van der Waals surface area contributed by atoms with Crippen molar-refractivity contribution in [3.8, 4) is 11.5 Å². The van der Waals surface area contributed by atoms with E-state index in [-0.39, 0.29) is 25.0 Å². The van der Waals surface area contributed by atoms with Gasteiger partial charge in [0.15, 0.2) is 22.5 Å². The molecule has 2 aromatic heterocycles. The van der Waals surface area contributed by atoms with Crippen LogP contribution < -0.4 is 20.1 Å². The lowest BCUT2D eigenvalue weighted by atomic mass is 9.95. The number of carbonyl (C=O) groups excluding carboxylic acids is 3. The van der Waals surface area contributed by atoms with E-state index in [1.807, 2.05) is 0 Å². The quantitative estimate of drug-likeness (QED) is 0.252. The summed E-state index contributed by atoms with van der Waals surface area (Å²) in [5.74, 6) is 0.562. The van der Waals surface area contributed by atoms with Crippen molar-refractivity contribution in [1.82, 2.24) is 20.1 Å². The number of fused-ring (bicyclic) bond motifs is 1. The maximum atomic E-state index is 13.1. The largest absolute Gasteiger partial charge is 0.493 e. The SMILES string of the molecule is CCOC(=O)c1c(NC(=O)[C@H](C)Sc2nnc(CNC(=O)c3ccc(OC)c(OC)c3)n2C)sc2c1CCCC2.